The lowest BCUT2D eigenvalue weighted by molar-refractivity contribution is -0.155. The molecule has 0 aliphatic rings. The molecule has 0 fully saturated rings. The molecule has 1 rings (SSSR count). The van der Waals surface area contributed by atoms with Crippen LogP contribution in [0.25, 0.3) is 0 Å². The van der Waals surface area contributed by atoms with Gasteiger partial charge < -0.3 is 10.1 Å². The van der Waals surface area contributed by atoms with Gasteiger partial charge in [0.2, 0.25) is 5.91 Å². The van der Waals surface area contributed by atoms with Crippen molar-refractivity contribution in [2.24, 2.45) is 11.3 Å². The van der Waals surface area contributed by atoms with Crippen LogP contribution in [0.4, 0.5) is 5.69 Å². The molecule has 0 aromatic heterocycles. The smallest absolute Gasteiger partial charge is 0.319 e. The van der Waals surface area contributed by atoms with Crippen molar-refractivity contribution in [3.05, 3.63) is 26.8 Å². The molecule has 4 nitrogen and oxygen atoms in total. The number of halogens is 2. The summed E-state index contributed by atoms with van der Waals surface area (Å²) < 4.78 is 5.97. The van der Waals surface area contributed by atoms with Gasteiger partial charge in [-0.05, 0) is 53.1 Å². The SMILES string of the molecule is CCOC(=O)C(C(=O)Nc1ccc(I)cc1Cl)C(C)(C)C. The minimum Gasteiger partial charge on any atom is -0.465 e. The first-order valence-corrected chi connectivity index (χ1v) is 8.05. The van der Waals surface area contributed by atoms with Gasteiger partial charge in [-0.1, -0.05) is 32.4 Å². The fourth-order valence-electron chi connectivity index (χ4n) is 1.88. The van der Waals surface area contributed by atoms with Gasteiger partial charge >= 0.3 is 5.97 Å². The van der Waals surface area contributed by atoms with Crippen molar-refractivity contribution in [3.8, 4) is 0 Å². The summed E-state index contributed by atoms with van der Waals surface area (Å²) in [5.74, 6) is -1.83. The molecule has 1 aromatic rings. The molecule has 1 atom stereocenters. The predicted octanol–water partition coefficient (Wildman–Crippen LogP) is 4.11. The molecule has 1 N–H and O–H groups in total. The summed E-state index contributed by atoms with van der Waals surface area (Å²) in [5, 5.41) is 3.15. The number of anilines is 1. The number of esters is 1. The van der Waals surface area contributed by atoms with Gasteiger partial charge in [-0.25, -0.2) is 0 Å². The zero-order valence-corrected chi connectivity index (χ0v) is 15.4. The molecule has 0 aliphatic carbocycles. The first-order chi connectivity index (χ1) is 9.66. The predicted molar refractivity (Wildman–Crippen MR) is 92.4 cm³/mol. The maximum atomic E-state index is 12.4. The fraction of sp³-hybridized carbons (Fsp3) is 0.467. The van der Waals surface area contributed by atoms with Crippen molar-refractivity contribution in [1.29, 1.82) is 0 Å². The molecule has 1 aromatic carbocycles. The number of ether oxygens (including phenoxy) is 1. The Morgan fingerprint density at radius 2 is 2.00 bits per heavy atom. The van der Waals surface area contributed by atoms with Gasteiger partial charge in [0.15, 0.2) is 0 Å². The lowest BCUT2D eigenvalue weighted by atomic mass is 9.80. The molecule has 6 heteroatoms. The van der Waals surface area contributed by atoms with Crippen LogP contribution < -0.4 is 5.32 Å². The van der Waals surface area contributed by atoms with Crippen LogP contribution in [0, 0.1) is 14.9 Å². The number of rotatable bonds is 4. The Hall–Kier alpha value is -0.820. The number of carbonyl (C=O) groups excluding carboxylic acids is 2. The molecule has 1 unspecified atom stereocenters. The zero-order chi connectivity index (χ0) is 16.2. The second kappa shape index (κ2) is 7.45. The van der Waals surface area contributed by atoms with E-state index in [-0.39, 0.29) is 6.61 Å². The quantitative estimate of drug-likeness (QED) is 0.450. The molecule has 0 heterocycles. The maximum absolute atomic E-state index is 12.4. The highest BCUT2D eigenvalue weighted by Crippen LogP contribution is 2.30. The summed E-state index contributed by atoms with van der Waals surface area (Å²) in [6.45, 7) is 7.42. The minimum absolute atomic E-state index is 0.239. The van der Waals surface area contributed by atoms with E-state index in [1.54, 1.807) is 19.1 Å². The van der Waals surface area contributed by atoms with Crippen molar-refractivity contribution < 1.29 is 14.3 Å². The summed E-state index contributed by atoms with van der Waals surface area (Å²) in [4.78, 5) is 24.5. The van der Waals surface area contributed by atoms with E-state index in [4.69, 9.17) is 16.3 Å². The Kier molecular flexibility index (Phi) is 6.46. The van der Waals surface area contributed by atoms with Gasteiger partial charge in [0.25, 0.3) is 0 Å². The van der Waals surface area contributed by atoms with Crippen LogP contribution in [-0.2, 0) is 14.3 Å². The van der Waals surface area contributed by atoms with Crippen LogP contribution in [0.1, 0.15) is 27.7 Å². The highest BCUT2D eigenvalue weighted by molar-refractivity contribution is 14.1. The average molecular weight is 424 g/mol. The average Bonchev–Trinajstić information content (AvgIpc) is 2.31. The summed E-state index contributed by atoms with van der Waals surface area (Å²) in [5.41, 5.74) is -0.0629. The molecule has 0 aliphatic heterocycles. The van der Waals surface area contributed by atoms with Crippen LogP contribution >= 0.6 is 34.2 Å². The molecule has 21 heavy (non-hydrogen) atoms. The van der Waals surface area contributed by atoms with Crippen molar-refractivity contribution in [3.63, 3.8) is 0 Å². The number of hydrogen-bond acceptors (Lipinski definition) is 3. The molecule has 0 saturated heterocycles. The monoisotopic (exact) mass is 423 g/mol. The van der Waals surface area contributed by atoms with Crippen LogP contribution in [0.15, 0.2) is 18.2 Å². The Balaban J connectivity index is 2.99. The normalized spacial score (nSPS) is 12.7. The molecule has 0 saturated carbocycles. The second-order valence-corrected chi connectivity index (χ2v) is 7.32. The molecular weight excluding hydrogens is 405 g/mol. The number of amides is 1. The lowest BCUT2D eigenvalue weighted by Gasteiger charge is -2.27. The third kappa shape index (κ3) is 5.14. The summed E-state index contributed by atoms with van der Waals surface area (Å²) in [7, 11) is 0. The van der Waals surface area contributed by atoms with Gasteiger partial charge in [-0.15, -0.1) is 0 Å². The van der Waals surface area contributed by atoms with Gasteiger partial charge in [-0.2, -0.15) is 0 Å². The van der Waals surface area contributed by atoms with Crippen LogP contribution in [0.3, 0.4) is 0 Å². The van der Waals surface area contributed by atoms with E-state index in [0.717, 1.165) is 3.57 Å². The van der Waals surface area contributed by atoms with Gasteiger partial charge in [0, 0.05) is 3.57 Å². The van der Waals surface area contributed by atoms with E-state index < -0.39 is 23.2 Å². The van der Waals surface area contributed by atoms with Crippen LogP contribution in [-0.4, -0.2) is 18.5 Å². The van der Waals surface area contributed by atoms with Crippen molar-refractivity contribution >= 4 is 51.8 Å². The number of nitrogens with one attached hydrogen (secondary N) is 1. The summed E-state index contributed by atoms with van der Waals surface area (Å²) in [6.07, 6.45) is 0. The van der Waals surface area contributed by atoms with Crippen molar-refractivity contribution in [2.45, 2.75) is 27.7 Å². The Labute approximate surface area is 143 Å². The van der Waals surface area contributed by atoms with E-state index in [9.17, 15) is 9.59 Å². The largest absolute Gasteiger partial charge is 0.465 e. The number of benzene rings is 1. The zero-order valence-electron chi connectivity index (χ0n) is 12.5. The van der Waals surface area contributed by atoms with E-state index in [0.29, 0.717) is 10.7 Å². The van der Waals surface area contributed by atoms with Crippen molar-refractivity contribution in [2.75, 3.05) is 11.9 Å². The van der Waals surface area contributed by atoms with Crippen molar-refractivity contribution in [1.82, 2.24) is 0 Å². The van der Waals surface area contributed by atoms with E-state index in [1.807, 2.05) is 26.8 Å². The number of hydrogen-bond donors (Lipinski definition) is 1. The van der Waals surface area contributed by atoms with Gasteiger partial charge in [0.1, 0.15) is 5.92 Å². The molecular formula is C15H19ClINO3. The first-order valence-electron chi connectivity index (χ1n) is 6.59. The Bertz CT molecular complexity index is 540. The minimum atomic E-state index is -0.896. The summed E-state index contributed by atoms with van der Waals surface area (Å²) >= 11 is 8.23. The third-order valence-electron chi connectivity index (χ3n) is 2.84. The lowest BCUT2D eigenvalue weighted by Crippen LogP contribution is -2.40. The standard InChI is InChI=1S/C15H19ClINO3/c1-5-21-14(20)12(15(2,3)4)13(19)18-11-7-6-9(17)8-10(11)16/h6-8,12H,5H2,1-4H3,(H,18,19). The Morgan fingerprint density at radius 3 is 2.48 bits per heavy atom. The van der Waals surface area contributed by atoms with E-state index in [2.05, 4.69) is 27.9 Å². The number of carbonyl (C=O) groups is 2. The molecule has 1 amide bonds. The highest BCUT2D eigenvalue weighted by Gasteiger charge is 2.39. The van der Waals surface area contributed by atoms with E-state index in [1.165, 1.54) is 0 Å². The van der Waals surface area contributed by atoms with Gasteiger partial charge in [0.05, 0.1) is 17.3 Å². The molecule has 0 bridgehead atoms. The van der Waals surface area contributed by atoms with E-state index >= 15 is 0 Å². The fourth-order valence-corrected chi connectivity index (χ4v) is 2.78. The molecule has 116 valence electrons. The van der Waals surface area contributed by atoms with Crippen LogP contribution in [0.2, 0.25) is 5.02 Å². The maximum Gasteiger partial charge on any atom is 0.319 e. The topological polar surface area (TPSA) is 55.4 Å². The molecule has 0 radical (unpaired) electrons. The second-order valence-electron chi connectivity index (χ2n) is 5.66. The van der Waals surface area contributed by atoms with Gasteiger partial charge in [-0.3, -0.25) is 9.59 Å². The summed E-state index contributed by atoms with van der Waals surface area (Å²) in [6, 6.07) is 5.29. The molecule has 0 spiro atoms. The third-order valence-corrected chi connectivity index (χ3v) is 3.82. The van der Waals surface area contributed by atoms with Crippen LogP contribution in [0.5, 0.6) is 0 Å². The highest BCUT2D eigenvalue weighted by atomic mass is 127. The Morgan fingerprint density at radius 1 is 1.38 bits per heavy atom. The first kappa shape index (κ1) is 18.2.